The monoisotopic (exact) mass is 186 g/mol. The van der Waals surface area contributed by atoms with Crippen molar-refractivity contribution in [1.82, 2.24) is 0 Å². The third-order valence-corrected chi connectivity index (χ3v) is 2.15. The molecule has 0 saturated carbocycles. The first-order valence-corrected chi connectivity index (χ1v) is 3.69. The minimum atomic E-state index is -1.46. The van der Waals surface area contributed by atoms with Crippen LogP contribution in [0.2, 0.25) is 0 Å². The molecule has 4 atom stereocenters. The van der Waals surface area contributed by atoms with E-state index in [2.05, 4.69) is 9.47 Å². The summed E-state index contributed by atoms with van der Waals surface area (Å²) in [6.07, 6.45) is -3.07. The van der Waals surface area contributed by atoms with E-state index in [1.165, 1.54) is 0 Å². The standard InChI is InChI=1S/C7H6O6/c8-1-2-4-5(13-6(2)10)3(9)7(11)12-4/h1-5,9H/t2-,3+,4?,5-/m1/s1. The van der Waals surface area contributed by atoms with E-state index in [4.69, 9.17) is 5.11 Å². The van der Waals surface area contributed by atoms with Gasteiger partial charge >= 0.3 is 11.9 Å². The molecule has 0 aliphatic carbocycles. The van der Waals surface area contributed by atoms with Crippen molar-refractivity contribution >= 4 is 18.2 Å². The summed E-state index contributed by atoms with van der Waals surface area (Å²) in [5.41, 5.74) is 0. The average Bonchev–Trinajstić information content (AvgIpc) is 2.52. The largest absolute Gasteiger partial charge is 0.455 e. The van der Waals surface area contributed by atoms with Crippen LogP contribution in [0, 0.1) is 5.92 Å². The van der Waals surface area contributed by atoms with Gasteiger partial charge in [0, 0.05) is 0 Å². The fourth-order valence-electron chi connectivity index (χ4n) is 1.47. The molecule has 2 heterocycles. The SMILES string of the molecule is O=C[C@H]1C(=O)O[C@H]2C1OC(=O)[C@H]2O. The summed E-state index contributed by atoms with van der Waals surface area (Å²) in [6, 6.07) is 0. The molecule has 6 nitrogen and oxygen atoms in total. The maximum Gasteiger partial charge on any atom is 0.339 e. The van der Waals surface area contributed by atoms with E-state index < -0.39 is 36.2 Å². The van der Waals surface area contributed by atoms with E-state index >= 15 is 0 Å². The summed E-state index contributed by atoms with van der Waals surface area (Å²) in [4.78, 5) is 32.1. The first kappa shape index (κ1) is 8.18. The average molecular weight is 186 g/mol. The second kappa shape index (κ2) is 2.53. The van der Waals surface area contributed by atoms with Crippen molar-refractivity contribution in [2.75, 3.05) is 0 Å². The van der Waals surface area contributed by atoms with Crippen LogP contribution in [0.5, 0.6) is 0 Å². The number of hydrogen-bond acceptors (Lipinski definition) is 6. The lowest BCUT2D eigenvalue weighted by Crippen LogP contribution is -2.30. The molecule has 2 aliphatic rings. The molecule has 0 aromatic heterocycles. The molecule has 0 bridgehead atoms. The van der Waals surface area contributed by atoms with Gasteiger partial charge in [-0.3, -0.25) is 4.79 Å². The van der Waals surface area contributed by atoms with Crippen molar-refractivity contribution in [3.63, 3.8) is 0 Å². The second-order valence-electron chi connectivity index (χ2n) is 2.91. The number of carbonyl (C=O) groups is 3. The number of aliphatic hydroxyl groups excluding tert-OH is 1. The van der Waals surface area contributed by atoms with E-state index in [0.29, 0.717) is 6.29 Å². The highest BCUT2D eigenvalue weighted by atomic mass is 16.6. The molecule has 2 saturated heterocycles. The molecule has 0 spiro atoms. The molecule has 0 amide bonds. The molecular formula is C7H6O6. The summed E-state index contributed by atoms with van der Waals surface area (Å²) in [5, 5.41) is 9.13. The highest BCUT2D eigenvalue weighted by Gasteiger charge is 2.57. The maximum atomic E-state index is 10.9. The third kappa shape index (κ3) is 0.951. The lowest BCUT2D eigenvalue weighted by atomic mass is 10.0. The van der Waals surface area contributed by atoms with Gasteiger partial charge in [-0.2, -0.15) is 0 Å². The van der Waals surface area contributed by atoms with Crippen LogP contribution in [0.3, 0.4) is 0 Å². The molecule has 2 fully saturated rings. The van der Waals surface area contributed by atoms with E-state index in [1.807, 2.05) is 0 Å². The Morgan fingerprint density at radius 2 is 1.77 bits per heavy atom. The van der Waals surface area contributed by atoms with Crippen LogP contribution < -0.4 is 0 Å². The van der Waals surface area contributed by atoms with Crippen molar-refractivity contribution < 1.29 is 29.0 Å². The van der Waals surface area contributed by atoms with Gasteiger partial charge in [0.25, 0.3) is 0 Å². The summed E-state index contributed by atoms with van der Waals surface area (Å²) in [7, 11) is 0. The molecule has 0 aromatic carbocycles. The number of aldehydes is 1. The predicted molar refractivity (Wildman–Crippen MR) is 35.3 cm³/mol. The first-order valence-electron chi connectivity index (χ1n) is 3.69. The molecule has 0 aromatic rings. The fourth-order valence-corrected chi connectivity index (χ4v) is 1.47. The molecular weight excluding hydrogens is 180 g/mol. The molecule has 2 rings (SSSR count). The first-order chi connectivity index (χ1) is 6.15. The second-order valence-corrected chi connectivity index (χ2v) is 2.91. The number of fused-ring (bicyclic) bond motifs is 1. The van der Waals surface area contributed by atoms with Crippen LogP contribution in [0.1, 0.15) is 0 Å². The quantitative estimate of drug-likeness (QED) is 0.290. The van der Waals surface area contributed by atoms with Crippen molar-refractivity contribution in [3.8, 4) is 0 Å². The molecule has 6 heteroatoms. The normalized spacial score (nSPS) is 42.5. The zero-order valence-electron chi connectivity index (χ0n) is 6.38. The molecule has 1 N–H and O–H groups in total. The van der Waals surface area contributed by atoms with Crippen molar-refractivity contribution in [2.24, 2.45) is 5.92 Å². The Balaban J connectivity index is 2.27. The molecule has 2 aliphatic heterocycles. The van der Waals surface area contributed by atoms with Gasteiger partial charge in [0.1, 0.15) is 6.29 Å². The van der Waals surface area contributed by atoms with E-state index in [1.54, 1.807) is 0 Å². The smallest absolute Gasteiger partial charge is 0.339 e. The Morgan fingerprint density at radius 1 is 1.15 bits per heavy atom. The number of carbonyl (C=O) groups excluding carboxylic acids is 3. The van der Waals surface area contributed by atoms with Crippen LogP contribution >= 0.6 is 0 Å². The lowest BCUT2D eigenvalue weighted by Gasteiger charge is -2.05. The highest BCUT2D eigenvalue weighted by Crippen LogP contribution is 2.31. The Morgan fingerprint density at radius 3 is 2.38 bits per heavy atom. The Kier molecular flexibility index (Phi) is 1.59. The number of rotatable bonds is 1. The molecule has 70 valence electrons. The highest BCUT2D eigenvalue weighted by molar-refractivity contribution is 5.93. The summed E-state index contributed by atoms with van der Waals surface area (Å²) >= 11 is 0. The number of ether oxygens (including phenoxy) is 2. The lowest BCUT2D eigenvalue weighted by molar-refractivity contribution is -0.156. The van der Waals surface area contributed by atoms with Crippen LogP contribution in [-0.4, -0.2) is 41.6 Å². The molecule has 13 heavy (non-hydrogen) atoms. The van der Waals surface area contributed by atoms with Crippen LogP contribution in [0.25, 0.3) is 0 Å². The van der Waals surface area contributed by atoms with Gasteiger partial charge in [-0.1, -0.05) is 0 Å². The summed E-state index contributed by atoms with van der Waals surface area (Å²) < 4.78 is 9.21. The van der Waals surface area contributed by atoms with Crippen molar-refractivity contribution in [2.45, 2.75) is 18.3 Å². The molecule has 0 radical (unpaired) electrons. The van der Waals surface area contributed by atoms with Gasteiger partial charge in [-0.25, -0.2) is 4.79 Å². The number of hydrogen-bond donors (Lipinski definition) is 1. The van der Waals surface area contributed by atoms with Crippen molar-refractivity contribution in [1.29, 1.82) is 0 Å². The molecule has 1 unspecified atom stereocenters. The van der Waals surface area contributed by atoms with Crippen LogP contribution in [0.4, 0.5) is 0 Å². The van der Waals surface area contributed by atoms with Gasteiger partial charge in [0.2, 0.25) is 0 Å². The predicted octanol–water partition coefficient (Wildman–Crippen LogP) is -1.99. The minimum Gasteiger partial charge on any atom is -0.455 e. The minimum absolute atomic E-state index is 0.359. The van der Waals surface area contributed by atoms with E-state index in [-0.39, 0.29) is 0 Å². The Labute approximate surface area is 72.4 Å². The van der Waals surface area contributed by atoms with E-state index in [9.17, 15) is 14.4 Å². The maximum absolute atomic E-state index is 10.9. The zero-order valence-corrected chi connectivity index (χ0v) is 6.38. The van der Waals surface area contributed by atoms with Gasteiger partial charge in [-0.15, -0.1) is 0 Å². The van der Waals surface area contributed by atoms with Gasteiger partial charge < -0.3 is 19.4 Å². The van der Waals surface area contributed by atoms with Crippen LogP contribution in [-0.2, 0) is 23.9 Å². The van der Waals surface area contributed by atoms with Crippen molar-refractivity contribution in [3.05, 3.63) is 0 Å². The van der Waals surface area contributed by atoms with Gasteiger partial charge in [0.15, 0.2) is 24.2 Å². The fraction of sp³-hybridized carbons (Fsp3) is 0.571. The van der Waals surface area contributed by atoms with Gasteiger partial charge in [0.05, 0.1) is 0 Å². The van der Waals surface area contributed by atoms with E-state index in [0.717, 1.165) is 0 Å². The topological polar surface area (TPSA) is 89.9 Å². The third-order valence-electron chi connectivity index (χ3n) is 2.15. The van der Waals surface area contributed by atoms with Crippen LogP contribution in [0.15, 0.2) is 0 Å². The summed E-state index contributed by atoms with van der Waals surface area (Å²) in [6.45, 7) is 0. The Hall–Kier alpha value is -1.43. The van der Waals surface area contributed by atoms with Gasteiger partial charge in [-0.05, 0) is 0 Å². The summed E-state index contributed by atoms with van der Waals surface area (Å²) in [5.74, 6) is -2.70. The number of esters is 2. The Bertz CT molecular complexity index is 285. The zero-order chi connectivity index (χ0) is 9.59. The number of aliphatic hydroxyl groups is 1.